The van der Waals surface area contributed by atoms with Gasteiger partial charge in [-0.25, -0.2) is 0 Å². The first-order valence-electron chi connectivity index (χ1n) is 9.18. The van der Waals surface area contributed by atoms with Gasteiger partial charge in [0, 0.05) is 13.1 Å². The molecular formula is C21H25N5O. The highest BCUT2D eigenvalue weighted by Gasteiger charge is 2.01. The summed E-state index contributed by atoms with van der Waals surface area (Å²) >= 11 is 0. The molecule has 140 valence electrons. The molecule has 0 aliphatic carbocycles. The molecule has 6 nitrogen and oxygen atoms in total. The molecule has 0 amide bonds. The minimum Gasteiger partial charge on any atom is -0.497 e. The molecule has 1 aromatic heterocycles. The Morgan fingerprint density at radius 2 is 1.63 bits per heavy atom. The van der Waals surface area contributed by atoms with Gasteiger partial charge in [0.2, 0.25) is 5.95 Å². The highest BCUT2D eigenvalue weighted by Crippen LogP contribution is 2.12. The van der Waals surface area contributed by atoms with E-state index in [1.165, 1.54) is 11.1 Å². The highest BCUT2D eigenvalue weighted by molar-refractivity contribution is 5.37. The largest absolute Gasteiger partial charge is 0.497 e. The molecule has 0 unspecified atom stereocenters. The molecule has 6 heteroatoms. The van der Waals surface area contributed by atoms with E-state index in [2.05, 4.69) is 62.2 Å². The Morgan fingerprint density at radius 1 is 0.852 bits per heavy atom. The highest BCUT2D eigenvalue weighted by atomic mass is 16.5. The lowest BCUT2D eigenvalue weighted by atomic mass is 10.1. The van der Waals surface area contributed by atoms with E-state index < -0.39 is 0 Å². The first-order chi connectivity index (χ1) is 13.3. The van der Waals surface area contributed by atoms with Crippen LogP contribution in [-0.4, -0.2) is 35.4 Å². The number of aromatic nitrogens is 3. The Labute approximate surface area is 160 Å². The minimum absolute atomic E-state index is 0.553. The van der Waals surface area contributed by atoms with Gasteiger partial charge in [-0.2, -0.15) is 10.1 Å². The molecule has 0 saturated carbocycles. The topological polar surface area (TPSA) is 72.0 Å². The molecule has 0 bridgehead atoms. The third-order valence-electron chi connectivity index (χ3n) is 4.21. The number of nitrogens with one attached hydrogen (secondary N) is 2. The van der Waals surface area contributed by atoms with E-state index in [0.717, 1.165) is 43.9 Å². The third-order valence-corrected chi connectivity index (χ3v) is 4.21. The summed E-state index contributed by atoms with van der Waals surface area (Å²) in [5.41, 5.74) is 2.58. The van der Waals surface area contributed by atoms with Gasteiger partial charge in [-0.05, 0) is 42.5 Å². The maximum Gasteiger partial charge on any atom is 0.244 e. The Bertz CT molecular complexity index is 808. The number of aryl methyl sites for hydroxylation is 1. The van der Waals surface area contributed by atoms with Gasteiger partial charge in [0.15, 0.2) is 5.82 Å². The number of methoxy groups -OCH3 is 1. The van der Waals surface area contributed by atoms with E-state index in [-0.39, 0.29) is 0 Å². The average molecular weight is 363 g/mol. The van der Waals surface area contributed by atoms with Crippen molar-refractivity contribution in [2.75, 3.05) is 30.8 Å². The van der Waals surface area contributed by atoms with Gasteiger partial charge in [-0.15, -0.1) is 5.10 Å². The van der Waals surface area contributed by atoms with Crippen molar-refractivity contribution in [2.24, 2.45) is 0 Å². The fourth-order valence-electron chi connectivity index (χ4n) is 2.73. The van der Waals surface area contributed by atoms with E-state index in [4.69, 9.17) is 4.74 Å². The molecule has 2 N–H and O–H groups in total. The summed E-state index contributed by atoms with van der Waals surface area (Å²) in [6.45, 7) is 1.59. The Morgan fingerprint density at radius 3 is 2.41 bits per heavy atom. The van der Waals surface area contributed by atoms with Crippen molar-refractivity contribution in [3.63, 3.8) is 0 Å². The van der Waals surface area contributed by atoms with Gasteiger partial charge in [-0.3, -0.25) is 0 Å². The first-order valence-corrected chi connectivity index (χ1v) is 9.18. The summed E-state index contributed by atoms with van der Waals surface area (Å²) in [7, 11) is 1.67. The molecule has 0 aliphatic rings. The van der Waals surface area contributed by atoms with E-state index >= 15 is 0 Å². The summed E-state index contributed by atoms with van der Waals surface area (Å²) in [4.78, 5) is 4.46. The van der Waals surface area contributed by atoms with E-state index in [0.29, 0.717) is 5.95 Å². The smallest absolute Gasteiger partial charge is 0.244 e. The van der Waals surface area contributed by atoms with E-state index in [1.807, 2.05) is 18.2 Å². The number of anilines is 2. The predicted molar refractivity (Wildman–Crippen MR) is 108 cm³/mol. The molecule has 0 spiro atoms. The zero-order chi connectivity index (χ0) is 18.7. The molecule has 0 fully saturated rings. The molecule has 2 aromatic carbocycles. The number of hydrogen-bond donors (Lipinski definition) is 2. The molecule has 0 aliphatic heterocycles. The van der Waals surface area contributed by atoms with Crippen LogP contribution in [-0.2, 0) is 12.8 Å². The third kappa shape index (κ3) is 6.26. The maximum absolute atomic E-state index is 5.17. The normalized spacial score (nSPS) is 10.4. The molecule has 27 heavy (non-hydrogen) atoms. The zero-order valence-electron chi connectivity index (χ0n) is 15.6. The van der Waals surface area contributed by atoms with Gasteiger partial charge in [0.1, 0.15) is 5.75 Å². The van der Waals surface area contributed by atoms with Gasteiger partial charge < -0.3 is 15.4 Å². The average Bonchev–Trinajstić information content (AvgIpc) is 2.73. The lowest BCUT2D eigenvalue weighted by molar-refractivity contribution is 0.414. The predicted octanol–water partition coefficient (Wildman–Crippen LogP) is 3.58. The van der Waals surface area contributed by atoms with Crippen LogP contribution >= 0.6 is 0 Å². The second-order valence-electron chi connectivity index (χ2n) is 6.21. The molecule has 1 heterocycles. The van der Waals surface area contributed by atoms with Crippen molar-refractivity contribution in [1.29, 1.82) is 0 Å². The molecule has 3 rings (SSSR count). The van der Waals surface area contributed by atoms with Crippen LogP contribution in [0.1, 0.15) is 17.5 Å². The second-order valence-corrected chi connectivity index (χ2v) is 6.21. The van der Waals surface area contributed by atoms with Gasteiger partial charge in [0.05, 0.1) is 13.3 Å². The standard InChI is InChI=1S/C21H25N5O/c1-27-19-11-9-18(10-12-19)13-15-22-20-16-24-26-21(25-20)23-14-5-8-17-6-3-2-4-7-17/h2-4,6-7,9-12,16H,5,8,13-15H2,1H3,(H2,22,23,25,26). The summed E-state index contributed by atoms with van der Waals surface area (Å²) in [5.74, 6) is 2.15. The molecule has 0 saturated heterocycles. The van der Waals surface area contributed by atoms with Gasteiger partial charge in [0.25, 0.3) is 0 Å². The van der Waals surface area contributed by atoms with Crippen molar-refractivity contribution in [1.82, 2.24) is 15.2 Å². The monoisotopic (exact) mass is 363 g/mol. The van der Waals surface area contributed by atoms with Crippen LogP contribution in [0, 0.1) is 0 Å². The minimum atomic E-state index is 0.553. The van der Waals surface area contributed by atoms with E-state index in [1.54, 1.807) is 13.3 Å². The number of benzene rings is 2. The van der Waals surface area contributed by atoms with Crippen molar-refractivity contribution >= 4 is 11.8 Å². The Balaban J connectivity index is 1.40. The van der Waals surface area contributed by atoms with Crippen LogP contribution < -0.4 is 15.4 Å². The van der Waals surface area contributed by atoms with Crippen LogP contribution in [0.15, 0.2) is 60.8 Å². The summed E-state index contributed by atoms with van der Waals surface area (Å²) in [5, 5.41) is 14.6. The fourth-order valence-corrected chi connectivity index (χ4v) is 2.73. The summed E-state index contributed by atoms with van der Waals surface area (Å²) < 4.78 is 5.17. The van der Waals surface area contributed by atoms with Crippen molar-refractivity contribution in [3.8, 4) is 5.75 Å². The lowest BCUT2D eigenvalue weighted by Gasteiger charge is -2.08. The lowest BCUT2D eigenvalue weighted by Crippen LogP contribution is -2.11. The Kier molecular flexibility index (Phi) is 6.98. The van der Waals surface area contributed by atoms with E-state index in [9.17, 15) is 0 Å². The van der Waals surface area contributed by atoms with Crippen molar-refractivity contribution < 1.29 is 4.74 Å². The molecule has 0 atom stereocenters. The Hall–Kier alpha value is -3.15. The summed E-state index contributed by atoms with van der Waals surface area (Å²) in [6.07, 6.45) is 4.58. The molecule has 3 aromatic rings. The van der Waals surface area contributed by atoms with Crippen molar-refractivity contribution in [2.45, 2.75) is 19.3 Å². The second kappa shape index (κ2) is 10.1. The van der Waals surface area contributed by atoms with Gasteiger partial charge in [-0.1, -0.05) is 42.5 Å². The number of ether oxygens (including phenoxy) is 1. The van der Waals surface area contributed by atoms with Crippen LogP contribution in [0.25, 0.3) is 0 Å². The van der Waals surface area contributed by atoms with Crippen LogP contribution in [0.3, 0.4) is 0 Å². The molecule has 0 radical (unpaired) electrons. The van der Waals surface area contributed by atoms with Crippen molar-refractivity contribution in [3.05, 3.63) is 71.9 Å². The first kappa shape index (κ1) is 18.6. The summed E-state index contributed by atoms with van der Waals surface area (Å²) in [6, 6.07) is 18.5. The van der Waals surface area contributed by atoms with Crippen LogP contribution in [0.5, 0.6) is 5.75 Å². The quantitative estimate of drug-likeness (QED) is 0.537. The fraction of sp³-hybridized carbons (Fsp3) is 0.286. The molecular weight excluding hydrogens is 338 g/mol. The van der Waals surface area contributed by atoms with Gasteiger partial charge >= 0.3 is 0 Å². The number of nitrogens with zero attached hydrogens (tertiary/aromatic N) is 3. The zero-order valence-corrected chi connectivity index (χ0v) is 15.6. The number of hydrogen-bond acceptors (Lipinski definition) is 6. The maximum atomic E-state index is 5.17. The number of rotatable bonds is 10. The van der Waals surface area contributed by atoms with Crippen LogP contribution in [0.2, 0.25) is 0 Å². The SMILES string of the molecule is COc1ccc(CCNc2cnnc(NCCCc3ccccc3)n2)cc1. The van der Waals surface area contributed by atoms with Crippen LogP contribution in [0.4, 0.5) is 11.8 Å².